The predicted octanol–water partition coefficient (Wildman–Crippen LogP) is 7.68. The number of halogens is 1. The molecule has 97 heavy (non-hydrogen) atoms. The Morgan fingerprint density at radius 3 is 1.24 bits per heavy atom. The second-order valence-corrected chi connectivity index (χ2v) is 27.2. The maximum atomic E-state index is 13.5. The Morgan fingerprint density at radius 2 is 0.907 bits per heavy atom. The zero-order valence-corrected chi connectivity index (χ0v) is 56.4. The van der Waals surface area contributed by atoms with Crippen molar-refractivity contribution in [3.63, 3.8) is 0 Å². The second-order valence-electron chi connectivity index (χ2n) is 26.3. The van der Waals surface area contributed by atoms with Crippen LogP contribution < -0.4 is 36.9 Å². The number of benzene rings is 6. The van der Waals surface area contributed by atoms with Crippen molar-refractivity contribution in [3.8, 4) is 51.6 Å². The average Bonchev–Trinajstić information content (AvgIpc) is 1.68. The van der Waals surface area contributed by atoms with Crippen LogP contribution in [0.25, 0.3) is 27.1 Å². The predicted molar refractivity (Wildman–Crippen MR) is 366 cm³/mol. The standard InChI is InChI=1S/2C24H24N4O3.C16H18BrN3O3.C8H8BNO2/c2*1-15-4-5-16(12-25)10-18(15)17-6-7-20-19(11-17)24(21(29)28(2)22(26)27-24)13-23(31-20)8-3-9-30-14-23;1-20-13(21)16(19-14(20)18)8-15(5-2-6-22-9-15)23-12-4-3-10(17)7-11(12)16;1-6-3-4-7(10-2)5-8(6)9(11)12/h2*4-7,10-11H,3,8-9,13-14H2,1-2H3,(H2,26,27);3-4,7H,2,5-6,8-9H2,1H3,(H2,18,19);3-5,11-12H,1H3/t23-,24+;23-,24-;;/m10../s1. The summed E-state index contributed by atoms with van der Waals surface area (Å²) in [6.45, 7) is 15.9. The summed E-state index contributed by atoms with van der Waals surface area (Å²) in [4.78, 5) is 61.4. The Hall–Kier alpha value is -9.65. The van der Waals surface area contributed by atoms with Crippen molar-refractivity contribution in [2.75, 3.05) is 60.8 Å². The molecule has 0 radical (unpaired) electrons. The van der Waals surface area contributed by atoms with E-state index in [-0.39, 0.29) is 35.6 Å². The normalized spacial score (nSPS) is 26.2. The number of carbonyl (C=O) groups is 3. The summed E-state index contributed by atoms with van der Waals surface area (Å²) < 4.78 is 37.3. The summed E-state index contributed by atoms with van der Waals surface area (Å²) in [5, 5.41) is 36.4. The van der Waals surface area contributed by atoms with Gasteiger partial charge >= 0.3 is 7.12 Å². The molecule has 3 saturated heterocycles. The number of hydrogen-bond donors (Lipinski definition) is 5. The topological polar surface area (TPSA) is 324 Å². The first-order valence-electron chi connectivity index (χ1n) is 32.0. The minimum Gasteiger partial charge on any atom is -0.484 e. The molecule has 9 aliphatic heterocycles. The van der Waals surface area contributed by atoms with Gasteiger partial charge in [0.2, 0.25) is 0 Å². The van der Waals surface area contributed by atoms with Gasteiger partial charge in [0, 0.05) is 81.4 Å². The molecule has 25 heteroatoms. The van der Waals surface area contributed by atoms with E-state index in [1.807, 2.05) is 92.7 Å². The molecule has 8 N–H and O–H groups in total. The number of rotatable bonds is 3. The molecule has 6 spiro atoms. The molecule has 0 aliphatic carbocycles. The first-order chi connectivity index (χ1) is 46.3. The molecule has 3 fully saturated rings. The van der Waals surface area contributed by atoms with Crippen molar-refractivity contribution in [2.24, 2.45) is 32.2 Å². The van der Waals surface area contributed by atoms with Crippen LogP contribution in [-0.4, -0.2) is 145 Å². The Balaban J connectivity index is 0.000000129. The van der Waals surface area contributed by atoms with Gasteiger partial charge in [0.1, 0.15) is 34.1 Å². The van der Waals surface area contributed by atoms with E-state index in [0.717, 1.165) is 94.1 Å². The number of nitrogens with zero attached hydrogens (tertiary/aromatic N) is 9. The first kappa shape index (κ1) is 67.3. The smallest absolute Gasteiger partial charge is 0.484 e. The molecule has 498 valence electrons. The molecule has 23 nitrogen and oxygen atoms in total. The number of ether oxygens (including phenoxy) is 6. The van der Waals surface area contributed by atoms with Crippen LogP contribution in [0.3, 0.4) is 0 Å². The summed E-state index contributed by atoms with van der Waals surface area (Å²) in [6.07, 6.45) is 6.31. The summed E-state index contributed by atoms with van der Waals surface area (Å²) >= 11 is 3.47. The number of amides is 3. The van der Waals surface area contributed by atoms with Gasteiger partial charge in [0.15, 0.2) is 40.2 Å². The molecular weight excluding hydrogens is 1300 g/mol. The van der Waals surface area contributed by atoms with E-state index < -0.39 is 40.5 Å². The van der Waals surface area contributed by atoms with Gasteiger partial charge in [-0.3, -0.25) is 29.1 Å². The lowest BCUT2D eigenvalue weighted by molar-refractivity contribution is -0.139. The molecule has 6 aromatic rings. The summed E-state index contributed by atoms with van der Waals surface area (Å²) in [5.41, 5.74) is 23.9. The molecule has 6 aromatic carbocycles. The number of guanidine groups is 3. The van der Waals surface area contributed by atoms with Crippen LogP contribution in [0.1, 0.15) is 102 Å². The quantitative estimate of drug-likeness (QED) is 0.0837. The van der Waals surface area contributed by atoms with Crippen LogP contribution in [0.15, 0.2) is 129 Å². The molecule has 9 heterocycles. The molecular formula is C72H74BBrN12O11. The minimum atomic E-state index is -1.49. The summed E-state index contributed by atoms with van der Waals surface area (Å²) in [6, 6.07) is 37.8. The fourth-order valence-electron chi connectivity index (χ4n) is 14.7. The highest BCUT2D eigenvalue weighted by Gasteiger charge is 2.61. The Bertz CT molecular complexity index is 4240. The number of carbonyl (C=O) groups excluding carboxylic acids is 3. The van der Waals surface area contributed by atoms with Crippen molar-refractivity contribution in [3.05, 3.63) is 170 Å². The first-order valence-corrected chi connectivity index (χ1v) is 32.8. The summed E-state index contributed by atoms with van der Waals surface area (Å²) in [7, 11) is 3.47. The van der Waals surface area contributed by atoms with Crippen molar-refractivity contribution in [2.45, 2.75) is 112 Å². The highest BCUT2D eigenvalue weighted by molar-refractivity contribution is 9.10. The van der Waals surface area contributed by atoms with Gasteiger partial charge in [0.25, 0.3) is 17.7 Å². The van der Waals surface area contributed by atoms with Crippen LogP contribution in [0.4, 0.5) is 5.69 Å². The Kier molecular flexibility index (Phi) is 18.1. The number of fused-ring (bicyclic) bond motifs is 6. The lowest BCUT2D eigenvalue weighted by atomic mass is 9.73. The molecule has 15 rings (SSSR count). The minimum absolute atomic E-state index is 0.109. The lowest BCUT2D eigenvalue weighted by Crippen LogP contribution is -2.55. The largest absolute Gasteiger partial charge is 0.487 e. The number of likely N-dealkylation sites (N-methyl/N-ethyl adjacent to an activating group) is 3. The number of hydrogen-bond acceptors (Lipinski definition) is 19. The summed E-state index contributed by atoms with van der Waals surface area (Å²) in [5.74, 6) is 2.20. The number of nitriles is 2. The zero-order valence-electron chi connectivity index (χ0n) is 54.8. The van der Waals surface area contributed by atoms with E-state index >= 15 is 0 Å². The van der Waals surface area contributed by atoms with Crippen LogP contribution in [-0.2, 0) is 45.2 Å². The maximum Gasteiger partial charge on any atom is 0.487 e. The van der Waals surface area contributed by atoms with E-state index in [0.29, 0.717) is 103 Å². The highest BCUT2D eigenvalue weighted by Crippen LogP contribution is 2.55. The van der Waals surface area contributed by atoms with E-state index in [2.05, 4.69) is 37.9 Å². The van der Waals surface area contributed by atoms with Gasteiger partial charge in [-0.05, 0) is 165 Å². The van der Waals surface area contributed by atoms with Crippen molar-refractivity contribution in [1.82, 2.24) is 14.7 Å². The number of aryl methyl sites for hydroxylation is 3. The second kappa shape index (κ2) is 26.1. The fourth-order valence-corrected chi connectivity index (χ4v) is 15.1. The third-order valence-electron chi connectivity index (χ3n) is 19.8. The molecule has 3 amide bonds. The van der Waals surface area contributed by atoms with Crippen molar-refractivity contribution in [1.29, 1.82) is 10.5 Å². The van der Waals surface area contributed by atoms with Gasteiger partial charge in [0.05, 0.1) is 49.7 Å². The van der Waals surface area contributed by atoms with E-state index in [4.69, 9.17) is 72.2 Å². The van der Waals surface area contributed by atoms with Crippen molar-refractivity contribution < 1.29 is 52.9 Å². The van der Waals surface area contributed by atoms with Crippen LogP contribution in [0.5, 0.6) is 17.2 Å². The van der Waals surface area contributed by atoms with Crippen molar-refractivity contribution >= 4 is 69.8 Å². The Morgan fingerprint density at radius 1 is 0.536 bits per heavy atom. The van der Waals surface area contributed by atoms with E-state index in [1.54, 1.807) is 52.3 Å². The maximum absolute atomic E-state index is 13.5. The van der Waals surface area contributed by atoms with Gasteiger partial charge in [-0.15, -0.1) is 0 Å². The zero-order chi connectivity index (χ0) is 69.0. The average molecular weight is 1370 g/mol. The van der Waals surface area contributed by atoms with Gasteiger partial charge in [-0.25, -0.2) is 19.8 Å². The molecule has 0 aromatic heterocycles. The van der Waals surface area contributed by atoms with Gasteiger partial charge in [-0.1, -0.05) is 64.0 Å². The molecule has 6 atom stereocenters. The SMILES string of the molecule is CN1C(=O)C2(CC3(CCCOC3)Oc3ccc(Br)cc32)N=C1N.Cc1ccc(C#N)cc1-c1ccc2c(c1)[C@]1(C[C@@]3(CCCOC3)O2)N=C(N)N(C)C1=O.Cc1ccc(C#N)cc1-c1ccc2c(c1)[C@]1(C[C@]3(CCCOC3)O2)N=C(N)N(C)C1=O.[C-]#[N+]c1ccc(C)c(B(O)O)c1. The fraction of sp³-hybridized carbons (Fsp3) is 0.375. The molecule has 9 aliphatic rings. The number of aliphatic imine (C=N–C) groups is 3. The number of nitrogens with two attached hydrogens (primary N) is 3. The van der Waals surface area contributed by atoms with E-state index in [1.165, 1.54) is 20.8 Å². The Labute approximate surface area is 571 Å². The third kappa shape index (κ3) is 12.2. The van der Waals surface area contributed by atoms with Gasteiger partial charge in [-0.2, -0.15) is 10.5 Å². The van der Waals surface area contributed by atoms with Crippen LogP contribution >= 0.6 is 15.9 Å². The van der Waals surface area contributed by atoms with Crippen LogP contribution in [0.2, 0.25) is 0 Å². The monoisotopic (exact) mass is 1370 g/mol. The van der Waals surface area contributed by atoms with E-state index in [9.17, 15) is 24.9 Å². The molecule has 0 saturated carbocycles. The lowest BCUT2D eigenvalue weighted by Gasteiger charge is -2.46. The molecule has 0 bridgehead atoms. The van der Waals surface area contributed by atoms with Gasteiger partial charge < -0.3 is 55.7 Å². The highest BCUT2D eigenvalue weighted by atomic mass is 79.9. The molecule has 2 unspecified atom stereocenters. The third-order valence-corrected chi connectivity index (χ3v) is 20.3. The van der Waals surface area contributed by atoms with Crippen LogP contribution in [0, 0.1) is 50.0 Å².